The number of hydrogen-bond donors (Lipinski definition) is 0. The van der Waals surface area contributed by atoms with Gasteiger partial charge in [-0.3, -0.25) is 0 Å². The fraction of sp³-hybridized carbons (Fsp3) is 1.00. The van der Waals surface area contributed by atoms with Crippen LogP contribution in [0, 0.1) is 0 Å². The molecule has 0 heterocycles. The highest BCUT2D eigenvalue weighted by Crippen LogP contribution is 2.44. The second kappa shape index (κ2) is 32.6. The normalized spacial score (nSPS) is 13.0. The quantitative estimate of drug-likeness (QED) is 0.0280. The third-order valence-corrected chi connectivity index (χ3v) is 18.8. The highest BCUT2D eigenvalue weighted by molar-refractivity contribution is 9.26. The van der Waals surface area contributed by atoms with Gasteiger partial charge in [0.05, 0.1) is 19.0 Å². The lowest BCUT2D eigenvalue weighted by Gasteiger charge is -2.34. The van der Waals surface area contributed by atoms with Gasteiger partial charge in [-0.15, -0.1) is 0 Å². The number of hydrogen-bond acceptors (Lipinski definition) is 8. The van der Waals surface area contributed by atoms with Gasteiger partial charge in [-0.25, -0.2) is 0 Å². The van der Waals surface area contributed by atoms with Gasteiger partial charge in [0.2, 0.25) is 0 Å². The zero-order chi connectivity index (χ0) is 31.0. The van der Waals surface area contributed by atoms with Crippen LogP contribution in [0.1, 0.15) is 144 Å². The van der Waals surface area contributed by atoms with Crippen LogP contribution in [0.5, 0.6) is 0 Å². The Balaban J connectivity index is 4.84. The molecule has 0 N–H and O–H groups in total. The van der Waals surface area contributed by atoms with Gasteiger partial charge in [0.1, 0.15) is 10.8 Å². The molecule has 0 radical (unpaired) electrons. The van der Waals surface area contributed by atoms with Crippen LogP contribution in [0.4, 0.5) is 0 Å². The summed E-state index contributed by atoms with van der Waals surface area (Å²) in [5.41, 5.74) is -0.534. The molecule has 10 heteroatoms. The van der Waals surface area contributed by atoms with Crippen molar-refractivity contribution >= 4 is 60.3 Å². The van der Waals surface area contributed by atoms with E-state index in [0.29, 0.717) is 0 Å². The zero-order valence-corrected chi connectivity index (χ0v) is 34.7. The van der Waals surface area contributed by atoms with Crippen LogP contribution in [0.15, 0.2) is 0 Å². The van der Waals surface area contributed by atoms with E-state index in [1.54, 1.807) is 0 Å². The molecule has 0 aromatic rings. The van der Waals surface area contributed by atoms with Crippen molar-refractivity contribution in [2.45, 2.75) is 167 Å². The van der Waals surface area contributed by atoms with Crippen molar-refractivity contribution in [3.63, 3.8) is 0 Å². The first-order chi connectivity index (χ1) is 20.6. The molecular weight excluding hydrogens is 633 g/mol. The van der Waals surface area contributed by atoms with Crippen LogP contribution in [0.3, 0.4) is 0 Å². The molecule has 0 rings (SSSR count). The second-order valence-electron chi connectivity index (χ2n) is 11.5. The predicted molar refractivity (Wildman–Crippen MR) is 204 cm³/mol. The molecule has 0 amide bonds. The lowest BCUT2D eigenvalue weighted by atomic mass is 10.3. The van der Waals surface area contributed by atoms with Gasteiger partial charge in [-0.05, 0) is 45.3 Å². The zero-order valence-electron chi connectivity index (χ0n) is 28.7. The maximum atomic E-state index is 6.59. The van der Waals surface area contributed by atoms with Crippen LogP contribution in [-0.2, 0) is 18.9 Å². The molecule has 0 aromatic heterocycles. The molecule has 0 atom stereocenters. The minimum Gasteiger partial charge on any atom is -0.354 e. The molecule has 254 valence electrons. The summed E-state index contributed by atoms with van der Waals surface area (Å²) in [5, 5.41) is 0. The maximum Gasteiger partial charge on any atom is 0.145 e. The largest absolute Gasteiger partial charge is 0.354 e. The van der Waals surface area contributed by atoms with Gasteiger partial charge in [-0.2, -0.15) is 0 Å². The summed E-state index contributed by atoms with van der Waals surface area (Å²) in [6.07, 6.45) is 19.2. The van der Waals surface area contributed by atoms with Crippen molar-refractivity contribution in [1.82, 2.24) is 0 Å². The lowest BCUT2D eigenvalue weighted by Crippen LogP contribution is -2.43. The first kappa shape index (κ1) is 43.7. The minimum absolute atomic E-state index is 0.267. The van der Waals surface area contributed by atoms with Crippen molar-refractivity contribution in [3.05, 3.63) is 0 Å². The summed E-state index contributed by atoms with van der Waals surface area (Å²) in [6.45, 7) is 16.9. The molecule has 0 bridgehead atoms. The Bertz CT molecular complexity index is 487. The summed E-state index contributed by atoms with van der Waals surface area (Å²) in [4.78, 5) is 0. The van der Waals surface area contributed by atoms with E-state index in [1.165, 1.54) is 76.3 Å². The Hall–Kier alpha value is 1.67. The molecule has 0 spiro atoms. The van der Waals surface area contributed by atoms with E-state index in [4.69, 9.17) is 18.9 Å². The van der Waals surface area contributed by atoms with Gasteiger partial charge in [-0.1, -0.05) is 139 Å². The molecule has 0 aliphatic carbocycles. The molecule has 0 aliphatic rings. The maximum absolute atomic E-state index is 6.59. The average molecular weight is 703 g/mol. The van der Waals surface area contributed by atoms with E-state index in [9.17, 15) is 0 Å². The molecular formula is C32H70O4S4Si2. The van der Waals surface area contributed by atoms with E-state index < -0.39 is 19.0 Å². The van der Waals surface area contributed by atoms with Crippen molar-refractivity contribution < 1.29 is 18.9 Å². The third-order valence-electron chi connectivity index (χ3n) is 7.53. The summed E-state index contributed by atoms with van der Waals surface area (Å²) < 4.78 is 26.4. The average Bonchev–Trinajstić information content (AvgIpc) is 2.99. The van der Waals surface area contributed by atoms with Gasteiger partial charge >= 0.3 is 0 Å². The number of unbranched alkanes of at least 4 members (excludes halogenated alkanes) is 8. The molecule has 0 aromatic carbocycles. The standard InChI is InChI=1S/C32H70O4S4Si2/c1-7-13-19-29-41-31(33-23-15-9-3,34-24-16-10-4)21-27-37-39-40-38-28-22-32(35-25-17-11-5,36-26-18-12-6)42-30-20-14-8-2/h7-30,41-42H2,1-6H3. The Kier molecular flexibility index (Phi) is 33.9. The van der Waals surface area contributed by atoms with Crippen molar-refractivity contribution in [2.75, 3.05) is 37.9 Å². The molecule has 0 saturated heterocycles. The van der Waals surface area contributed by atoms with E-state index >= 15 is 0 Å². The van der Waals surface area contributed by atoms with Crippen LogP contribution in [0.25, 0.3) is 0 Å². The van der Waals surface area contributed by atoms with Crippen LogP contribution < -0.4 is 0 Å². The Labute approximate surface area is 282 Å². The monoisotopic (exact) mass is 702 g/mol. The summed E-state index contributed by atoms with van der Waals surface area (Å²) in [7, 11) is 6.92. The molecule has 0 saturated carbocycles. The van der Waals surface area contributed by atoms with Gasteiger partial charge < -0.3 is 18.9 Å². The van der Waals surface area contributed by atoms with E-state index in [0.717, 1.165) is 76.5 Å². The smallest absolute Gasteiger partial charge is 0.145 e. The van der Waals surface area contributed by atoms with Gasteiger partial charge in [0, 0.05) is 50.8 Å². The molecule has 0 unspecified atom stereocenters. The first-order valence-corrected chi connectivity index (χ1v) is 26.3. The molecule has 0 fully saturated rings. The van der Waals surface area contributed by atoms with Gasteiger partial charge in [0.25, 0.3) is 0 Å². The molecule has 42 heavy (non-hydrogen) atoms. The predicted octanol–water partition coefficient (Wildman–Crippen LogP) is 10.6. The topological polar surface area (TPSA) is 36.9 Å². The minimum atomic E-state index is -0.454. The van der Waals surface area contributed by atoms with Crippen molar-refractivity contribution in [2.24, 2.45) is 0 Å². The summed E-state index contributed by atoms with van der Waals surface area (Å²) >= 11 is 0. The Morgan fingerprint density at radius 1 is 0.429 bits per heavy atom. The van der Waals surface area contributed by atoms with Gasteiger partial charge in [0.15, 0.2) is 0 Å². The van der Waals surface area contributed by atoms with E-state index in [2.05, 4.69) is 41.5 Å². The van der Waals surface area contributed by atoms with Crippen molar-refractivity contribution in [1.29, 1.82) is 0 Å². The fourth-order valence-corrected chi connectivity index (χ4v) is 15.7. The number of ether oxygens (including phenoxy) is 4. The first-order valence-electron chi connectivity index (χ1n) is 17.7. The van der Waals surface area contributed by atoms with Crippen LogP contribution in [0.2, 0.25) is 12.1 Å². The Morgan fingerprint density at radius 2 is 0.738 bits per heavy atom. The second-order valence-corrected chi connectivity index (χ2v) is 22.3. The third kappa shape index (κ3) is 24.8. The molecule has 0 aliphatic heterocycles. The highest BCUT2D eigenvalue weighted by atomic mass is 33.7. The van der Waals surface area contributed by atoms with Crippen LogP contribution in [-0.4, -0.2) is 67.8 Å². The fourth-order valence-electron chi connectivity index (χ4n) is 4.66. The summed E-state index contributed by atoms with van der Waals surface area (Å²) in [5.74, 6) is 2.18. The van der Waals surface area contributed by atoms with Crippen LogP contribution >= 0.6 is 41.2 Å². The van der Waals surface area contributed by atoms with E-state index in [-0.39, 0.29) is 10.8 Å². The summed E-state index contributed by atoms with van der Waals surface area (Å²) in [6, 6.07) is 2.66. The van der Waals surface area contributed by atoms with Crippen molar-refractivity contribution in [3.8, 4) is 0 Å². The SMILES string of the molecule is CCCCC[SiH2]C(CCSSSSCCC(OCCCC)(OCCCC)[SiH2]CCCCC)(OCCCC)OCCCC. The van der Waals surface area contributed by atoms with E-state index in [1.807, 2.05) is 41.2 Å². The number of rotatable bonds is 35. The lowest BCUT2D eigenvalue weighted by molar-refractivity contribution is -0.183. The Morgan fingerprint density at radius 3 is 1.02 bits per heavy atom. The molecule has 4 nitrogen and oxygen atoms in total. The highest BCUT2D eigenvalue weighted by Gasteiger charge is 2.32.